The third-order valence-electron chi connectivity index (χ3n) is 10.4. The Kier molecular flexibility index (Phi) is 38.4. The van der Waals surface area contributed by atoms with Gasteiger partial charge >= 0.3 is 17.9 Å². The van der Waals surface area contributed by atoms with Crippen molar-refractivity contribution in [2.45, 2.75) is 252 Å². The zero-order chi connectivity index (χ0) is 37.5. The summed E-state index contributed by atoms with van der Waals surface area (Å²) < 4.78 is 16.7. The quantitative estimate of drug-likeness (QED) is 0.0356. The van der Waals surface area contributed by atoms with Gasteiger partial charge in [-0.1, -0.05) is 207 Å². The van der Waals surface area contributed by atoms with E-state index in [0.717, 1.165) is 63.7 Å². The second-order valence-corrected chi connectivity index (χ2v) is 15.6. The average molecular weight is 723 g/mol. The van der Waals surface area contributed by atoms with Crippen molar-refractivity contribution in [1.29, 1.82) is 0 Å². The maximum absolute atomic E-state index is 12.7. The fraction of sp³-hybridized carbons (Fsp3) is 0.933. The molecule has 0 radical (unpaired) electrons. The molecule has 0 aromatic heterocycles. The van der Waals surface area contributed by atoms with Crippen LogP contribution in [0.4, 0.5) is 0 Å². The molecule has 0 aliphatic carbocycles. The van der Waals surface area contributed by atoms with Crippen LogP contribution in [0.3, 0.4) is 0 Å². The Morgan fingerprint density at radius 1 is 0.392 bits per heavy atom. The van der Waals surface area contributed by atoms with Crippen LogP contribution in [0.1, 0.15) is 246 Å². The molecule has 0 spiro atoms. The number of carbonyl (C=O) groups is 3. The standard InChI is InChI=1S/C45H86O6/c1-5-8-10-12-14-16-18-20-21-23-28-32-36-43(46)49-39-42(40-50-44(47)37-33-29-26-25-27-31-35-41(4)7-3)51-45(48)38-34-30-24-22-19-17-15-13-11-9-6-2/h41-42H,5-40H2,1-4H3/t41?,42-/m1/s1. The number of rotatable bonds is 40. The third-order valence-corrected chi connectivity index (χ3v) is 10.4. The van der Waals surface area contributed by atoms with Gasteiger partial charge < -0.3 is 14.2 Å². The maximum atomic E-state index is 12.7. The first-order chi connectivity index (χ1) is 24.9. The summed E-state index contributed by atoms with van der Waals surface area (Å²) in [6.07, 6.45) is 38.0. The Morgan fingerprint density at radius 2 is 0.686 bits per heavy atom. The molecule has 0 N–H and O–H groups in total. The Hall–Kier alpha value is -1.59. The van der Waals surface area contributed by atoms with Gasteiger partial charge in [0.25, 0.3) is 0 Å². The van der Waals surface area contributed by atoms with Gasteiger partial charge in [0, 0.05) is 19.3 Å². The van der Waals surface area contributed by atoms with Gasteiger partial charge in [0.2, 0.25) is 0 Å². The molecule has 0 amide bonds. The molecule has 0 saturated carbocycles. The molecule has 0 rings (SSSR count). The smallest absolute Gasteiger partial charge is 0.306 e. The third kappa shape index (κ3) is 38.0. The van der Waals surface area contributed by atoms with Crippen LogP contribution in [0.2, 0.25) is 0 Å². The number of unbranched alkanes of at least 4 members (excludes halogenated alkanes) is 26. The fourth-order valence-electron chi connectivity index (χ4n) is 6.59. The van der Waals surface area contributed by atoms with E-state index in [9.17, 15) is 14.4 Å². The van der Waals surface area contributed by atoms with Gasteiger partial charge in [-0.15, -0.1) is 0 Å². The minimum Gasteiger partial charge on any atom is -0.462 e. The molecule has 51 heavy (non-hydrogen) atoms. The number of ether oxygens (including phenoxy) is 3. The summed E-state index contributed by atoms with van der Waals surface area (Å²) in [5.41, 5.74) is 0. The molecule has 0 aromatic rings. The average Bonchev–Trinajstić information content (AvgIpc) is 3.13. The molecule has 0 aromatic carbocycles. The Balaban J connectivity index is 4.34. The molecule has 302 valence electrons. The van der Waals surface area contributed by atoms with Crippen LogP contribution in [0.15, 0.2) is 0 Å². The molecule has 6 heteroatoms. The predicted octanol–water partition coefficient (Wildman–Crippen LogP) is 13.9. The van der Waals surface area contributed by atoms with Crippen molar-refractivity contribution in [3.63, 3.8) is 0 Å². The van der Waals surface area contributed by atoms with Gasteiger partial charge in [-0.3, -0.25) is 14.4 Å². The first-order valence-corrected chi connectivity index (χ1v) is 22.4. The lowest BCUT2D eigenvalue weighted by Gasteiger charge is -2.18. The molecule has 0 fully saturated rings. The summed E-state index contributed by atoms with van der Waals surface area (Å²) >= 11 is 0. The minimum absolute atomic E-state index is 0.0645. The molecule has 0 aliphatic rings. The van der Waals surface area contributed by atoms with Gasteiger partial charge in [0.1, 0.15) is 13.2 Å². The van der Waals surface area contributed by atoms with Crippen molar-refractivity contribution in [3.05, 3.63) is 0 Å². The van der Waals surface area contributed by atoms with E-state index < -0.39 is 6.10 Å². The fourth-order valence-corrected chi connectivity index (χ4v) is 6.59. The molecular formula is C45H86O6. The van der Waals surface area contributed by atoms with Crippen LogP contribution in [0.5, 0.6) is 0 Å². The van der Waals surface area contributed by atoms with Crippen LogP contribution >= 0.6 is 0 Å². The first kappa shape index (κ1) is 49.4. The lowest BCUT2D eigenvalue weighted by atomic mass is 10.00. The van der Waals surface area contributed by atoms with E-state index in [1.807, 2.05) is 0 Å². The maximum Gasteiger partial charge on any atom is 0.306 e. The van der Waals surface area contributed by atoms with Gasteiger partial charge in [0.05, 0.1) is 0 Å². The van der Waals surface area contributed by atoms with E-state index in [-0.39, 0.29) is 31.1 Å². The Labute approximate surface area is 317 Å². The lowest BCUT2D eigenvalue weighted by molar-refractivity contribution is -0.167. The summed E-state index contributed by atoms with van der Waals surface area (Å²) in [5, 5.41) is 0. The highest BCUT2D eigenvalue weighted by Gasteiger charge is 2.19. The predicted molar refractivity (Wildman–Crippen MR) is 215 cm³/mol. The number of hydrogen-bond acceptors (Lipinski definition) is 6. The molecular weight excluding hydrogens is 636 g/mol. The van der Waals surface area contributed by atoms with Crippen LogP contribution in [0.25, 0.3) is 0 Å². The zero-order valence-corrected chi connectivity index (χ0v) is 34.6. The van der Waals surface area contributed by atoms with Gasteiger partial charge in [-0.25, -0.2) is 0 Å². The molecule has 1 unspecified atom stereocenters. The normalized spacial score (nSPS) is 12.5. The van der Waals surface area contributed by atoms with E-state index in [1.54, 1.807) is 0 Å². The van der Waals surface area contributed by atoms with E-state index in [1.165, 1.54) is 141 Å². The summed E-state index contributed by atoms with van der Waals surface area (Å²) in [5.74, 6) is -0.0441. The monoisotopic (exact) mass is 723 g/mol. The SMILES string of the molecule is CCCCCCCCCCCCCCC(=O)OC[C@H](COC(=O)CCCCCCCCC(C)CC)OC(=O)CCCCCCCCCCCCC. The second kappa shape index (κ2) is 39.6. The molecule has 6 nitrogen and oxygen atoms in total. The molecule has 0 aliphatic heterocycles. The topological polar surface area (TPSA) is 78.9 Å². The van der Waals surface area contributed by atoms with Gasteiger partial charge in [-0.2, -0.15) is 0 Å². The summed E-state index contributed by atoms with van der Waals surface area (Å²) in [4.78, 5) is 37.6. The zero-order valence-electron chi connectivity index (χ0n) is 34.6. The van der Waals surface area contributed by atoms with Crippen LogP contribution in [-0.2, 0) is 28.6 Å². The first-order valence-electron chi connectivity index (χ1n) is 22.4. The number of carbonyl (C=O) groups excluding carboxylic acids is 3. The highest BCUT2D eigenvalue weighted by molar-refractivity contribution is 5.71. The Morgan fingerprint density at radius 3 is 1.02 bits per heavy atom. The van der Waals surface area contributed by atoms with Crippen molar-refractivity contribution in [3.8, 4) is 0 Å². The van der Waals surface area contributed by atoms with E-state index in [2.05, 4.69) is 27.7 Å². The van der Waals surface area contributed by atoms with E-state index in [0.29, 0.717) is 19.3 Å². The van der Waals surface area contributed by atoms with Crippen LogP contribution in [0, 0.1) is 5.92 Å². The minimum atomic E-state index is -0.759. The Bertz CT molecular complexity index is 768. The molecule has 0 heterocycles. The van der Waals surface area contributed by atoms with E-state index >= 15 is 0 Å². The van der Waals surface area contributed by atoms with E-state index in [4.69, 9.17) is 14.2 Å². The van der Waals surface area contributed by atoms with Crippen molar-refractivity contribution >= 4 is 17.9 Å². The molecule has 0 bridgehead atoms. The highest BCUT2D eigenvalue weighted by atomic mass is 16.6. The van der Waals surface area contributed by atoms with Crippen molar-refractivity contribution in [2.24, 2.45) is 5.92 Å². The summed E-state index contributed by atoms with van der Waals surface area (Å²) in [6.45, 7) is 8.95. The lowest BCUT2D eigenvalue weighted by Crippen LogP contribution is -2.30. The van der Waals surface area contributed by atoms with Crippen molar-refractivity contribution in [2.75, 3.05) is 13.2 Å². The summed E-state index contributed by atoms with van der Waals surface area (Å²) in [7, 11) is 0. The van der Waals surface area contributed by atoms with Gasteiger partial charge in [-0.05, 0) is 25.2 Å². The van der Waals surface area contributed by atoms with Crippen molar-refractivity contribution in [1.82, 2.24) is 0 Å². The number of hydrogen-bond donors (Lipinski definition) is 0. The van der Waals surface area contributed by atoms with Gasteiger partial charge in [0.15, 0.2) is 6.10 Å². The molecule has 2 atom stereocenters. The van der Waals surface area contributed by atoms with Crippen molar-refractivity contribution < 1.29 is 28.6 Å². The highest BCUT2D eigenvalue weighted by Crippen LogP contribution is 2.16. The largest absolute Gasteiger partial charge is 0.462 e. The number of esters is 3. The summed E-state index contributed by atoms with van der Waals surface area (Å²) in [6, 6.07) is 0. The van der Waals surface area contributed by atoms with Crippen LogP contribution < -0.4 is 0 Å². The second-order valence-electron chi connectivity index (χ2n) is 15.6. The van der Waals surface area contributed by atoms with Crippen LogP contribution in [-0.4, -0.2) is 37.2 Å². The molecule has 0 saturated heterocycles.